The second-order valence-corrected chi connectivity index (χ2v) is 12.6. The third kappa shape index (κ3) is 3.30. The first-order valence-electron chi connectivity index (χ1n) is 12.8. The summed E-state index contributed by atoms with van der Waals surface area (Å²) in [6.07, 6.45) is 16.0. The highest BCUT2D eigenvalue weighted by atomic mass is 16.3. The predicted octanol–water partition coefficient (Wildman–Crippen LogP) is 8.01. The lowest BCUT2D eigenvalue weighted by Crippen LogP contribution is -2.53. The molecular weight excluding hydrogens is 364 g/mol. The molecule has 1 fully saturated rings. The van der Waals surface area contributed by atoms with Crippen LogP contribution < -0.4 is 0 Å². The van der Waals surface area contributed by atoms with Crippen molar-refractivity contribution < 1.29 is 5.11 Å². The average molecular weight is 411 g/mol. The number of hydrogen-bond acceptors (Lipinski definition) is 1. The normalized spacial score (nSPS) is 40.8. The molecule has 0 aromatic heterocycles. The van der Waals surface area contributed by atoms with Crippen LogP contribution in [0.3, 0.4) is 0 Å². The van der Waals surface area contributed by atoms with E-state index in [1.165, 1.54) is 56.9 Å². The van der Waals surface area contributed by atoms with Crippen molar-refractivity contribution in [1.29, 1.82) is 0 Å². The van der Waals surface area contributed by atoms with Gasteiger partial charge < -0.3 is 5.11 Å². The lowest BCUT2D eigenvalue weighted by molar-refractivity contribution is -0.0905. The Morgan fingerprint density at radius 1 is 1.10 bits per heavy atom. The van der Waals surface area contributed by atoms with Gasteiger partial charge in [0.05, 0.1) is 6.10 Å². The summed E-state index contributed by atoms with van der Waals surface area (Å²) in [4.78, 5) is 0. The Morgan fingerprint density at radius 3 is 2.53 bits per heavy atom. The summed E-state index contributed by atoms with van der Waals surface area (Å²) >= 11 is 0. The van der Waals surface area contributed by atoms with E-state index < -0.39 is 0 Å². The van der Waals surface area contributed by atoms with Crippen molar-refractivity contribution in [3.8, 4) is 0 Å². The van der Waals surface area contributed by atoms with Crippen LogP contribution in [-0.2, 0) is 0 Å². The Morgan fingerprint density at radius 2 is 1.83 bits per heavy atom. The maximum atomic E-state index is 10.7. The first-order chi connectivity index (χ1) is 14.0. The van der Waals surface area contributed by atoms with Gasteiger partial charge in [-0.3, -0.25) is 0 Å². The van der Waals surface area contributed by atoms with Crippen LogP contribution >= 0.6 is 0 Å². The fourth-order valence-electron chi connectivity index (χ4n) is 8.41. The quantitative estimate of drug-likeness (QED) is 0.465. The van der Waals surface area contributed by atoms with Crippen molar-refractivity contribution in [3.63, 3.8) is 0 Å². The minimum absolute atomic E-state index is 0.0400. The first kappa shape index (κ1) is 22.4. The minimum Gasteiger partial charge on any atom is -0.393 e. The number of aliphatic hydroxyl groups excluding tert-OH is 1. The molecule has 4 aliphatic carbocycles. The Bertz CT molecular complexity index is 776. The van der Waals surface area contributed by atoms with E-state index in [4.69, 9.17) is 0 Å². The van der Waals surface area contributed by atoms with Gasteiger partial charge in [-0.15, -0.1) is 0 Å². The lowest BCUT2D eigenvalue weighted by Gasteiger charge is -2.59. The van der Waals surface area contributed by atoms with Crippen LogP contribution in [0.4, 0.5) is 0 Å². The fraction of sp³-hybridized carbons (Fsp3) is 0.793. The zero-order valence-electron chi connectivity index (χ0n) is 20.8. The SMILES string of the molecule is CC(C)=CCC[C@@H](C)[C@H]1CC=C2C3=C(CC[C@@]21C)[C@@]1(C)CC[C@H](O)C(C)(C)[C@@H]1CC3. The largest absolute Gasteiger partial charge is 0.393 e. The molecule has 1 heteroatoms. The van der Waals surface area contributed by atoms with Gasteiger partial charge in [0, 0.05) is 0 Å². The second-order valence-electron chi connectivity index (χ2n) is 12.6. The number of aliphatic hydroxyl groups is 1. The van der Waals surface area contributed by atoms with E-state index in [1.54, 1.807) is 16.7 Å². The molecule has 168 valence electrons. The van der Waals surface area contributed by atoms with E-state index in [0.717, 1.165) is 18.3 Å². The maximum absolute atomic E-state index is 10.7. The van der Waals surface area contributed by atoms with Crippen LogP contribution in [-0.4, -0.2) is 11.2 Å². The topological polar surface area (TPSA) is 20.2 Å². The zero-order valence-corrected chi connectivity index (χ0v) is 20.8. The highest BCUT2D eigenvalue weighted by Crippen LogP contribution is 2.66. The Labute approximate surface area is 186 Å². The molecule has 4 aliphatic rings. The number of allylic oxidation sites excluding steroid dienone is 6. The van der Waals surface area contributed by atoms with Gasteiger partial charge in [0.15, 0.2) is 0 Å². The number of hydrogen-bond donors (Lipinski definition) is 1. The summed E-state index contributed by atoms with van der Waals surface area (Å²) in [6, 6.07) is 0. The van der Waals surface area contributed by atoms with Crippen molar-refractivity contribution in [3.05, 3.63) is 34.4 Å². The van der Waals surface area contributed by atoms with E-state index in [-0.39, 0.29) is 11.5 Å². The third-order valence-corrected chi connectivity index (χ3v) is 10.3. The van der Waals surface area contributed by atoms with E-state index in [1.807, 2.05) is 0 Å². The van der Waals surface area contributed by atoms with Gasteiger partial charge in [0.25, 0.3) is 0 Å². The molecular formula is C29H46O. The third-order valence-electron chi connectivity index (χ3n) is 10.3. The van der Waals surface area contributed by atoms with Gasteiger partial charge in [0.2, 0.25) is 0 Å². The number of rotatable bonds is 4. The minimum atomic E-state index is -0.136. The molecule has 1 nitrogen and oxygen atoms in total. The molecule has 0 aliphatic heterocycles. The highest BCUT2D eigenvalue weighted by molar-refractivity contribution is 5.49. The Kier molecular flexibility index (Phi) is 5.70. The molecule has 0 aromatic rings. The second kappa shape index (κ2) is 7.65. The molecule has 0 spiro atoms. The summed E-state index contributed by atoms with van der Waals surface area (Å²) in [7, 11) is 0. The van der Waals surface area contributed by atoms with Gasteiger partial charge in [-0.25, -0.2) is 0 Å². The van der Waals surface area contributed by atoms with Crippen LogP contribution in [0.2, 0.25) is 0 Å². The van der Waals surface area contributed by atoms with Crippen molar-refractivity contribution in [2.75, 3.05) is 0 Å². The summed E-state index contributed by atoms with van der Waals surface area (Å²) in [6.45, 7) is 16.8. The molecule has 0 unspecified atom stereocenters. The van der Waals surface area contributed by atoms with Gasteiger partial charge in [-0.2, -0.15) is 0 Å². The van der Waals surface area contributed by atoms with Crippen LogP contribution in [0.15, 0.2) is 34.4 Å². The van der Waals surface area contributed by atoms with Crippen LogP contribution in [0.5, 0.6) is 0 Å². The van der Waals surface area contributed by atoms with E-state index in [9.17, 15) is 5.11 Å². The average Bonchev–Trinajstić information content (AvgIpc) is 3.02. The maximum Gasteiger partial charge on any atom is 0.0594 e. The summed E-state index contributed by atoms with van der Waals surface area (Å²) in [5.74, 6) is 2.22. The van der Waals surface area contributed by atoms with E-state index in [2.05, 4.69) is 60.6 Å². The van der Waals surface area contributed by atoms with Crippen LogP contribution in [0.1, 0.15) is 106 Å². The highest BCUT2D eigenvalue weighted by Gasteiger charge is 2.57. The van der Waals surface area contributed by atoms with Gasteiger partial charge in [0.1, 0.15) is 0 Å². The van der Waals surface area contributed by atoms with E-state index >= 15 is 0 Å². The first-order valence-corrected chi connectivity index (χ1v) is 12.8. The van der Waals surface area contributed by atoms with Crippen molar-refractivity contribution in [1.82, 2.24) is 0 Å². The Hall–Kier alpha value is -0.820. The van der Waals surface area contributed by atoms with E-state index in [0.29, 0.717) is 16.7 Å². The lowest BCUT2D eigenvalue weighted by atomic mass is 9.46. The van der Waals surface area contributed by atoms with Gasteiger partial charge in [-0.1, -0.05) is 57.9 Å². The molecule has 4 rings (SSSR count). The summed E-state index contributed by atoms with van der Waals surface area (Å²) < 4.78 is 0. The Balaban J connectivity index is 1.60. The molecule has 0 heterocycles. The molecule has 0 radical (unpaired) electrons. The predicted molar refractivity (Wildman–Crippen MR) is 128 cm³/mol. The van der Waals surface area contributed by atoms with Crippen LogP contribution in [0.25, 0.3) is 0 Å². The smallest absolute Gasteiger partial charge is 0.0594 e. The molecule has 30 heavy (non-hydrogen) atoms. The molecule has 0 bridgehead atoms. The molecule has 0 amide bonds. The molecule has 0 aromatic carbocycles. The zero-order chi connectivity index (χ0) is 21.9. The van der Waals surface area contributed by atoms with Gasteiger partial charge >= 0.3 is 0 Å². The van der Waals surface area contributed by atoms with Crippen LogP contribution in [0, 0.1) is 34.0 Å². The summed E-state index contributed by atoms with van der Waals surface area (Å²) in [5, 5.41) is 10.7. The van der Waals surface area contributed by atoms with Crippen molar-refractivity contribution in [2.45, 2.75) is 112 Å². The van der Waals surface area contributed by atoms with Crippen molar-refractivity contribution in [2.24, 2.45) is 34.0 Å². The molecule has 1 N–H and O–H groups in total. The summed E-state index contributed by atoms with van der Waals surface area (Å²) in [5.41, 5.74) is 7.47. The molecule has 1 saturated carbocycles. The van der Waals surface area contributed by atoms with Crippen molar-refractivity contribution >= 4 is 0 Å². The standard InChI is InChI=1S/C29H46O/c1-19(2)9-8-10-20(3)22-12-13-23-21-11-14-25-27(4,5)26(30)16-18-29(25,7)24(21)15-17-28(22,23)6/h9,13,20,22,25-26,30H,8,10-12,14-18H2,1-7H3/t20-,22-,25+,26+,28-,29-/m1/s1. The monoisotopic (exact) mass is 410 g/mol. The molecule has 0 saturated heterocycles. The molecule has 6 atom stereocenters. The fourth-order valence-corrected chi connectivity index (χ4v) is 8.41. The number of fused-ring (bicyclic) bond motifs is 4. The van der Waals surface area contributed by atoms with Gasteiger partial charge in [-0.05, 0) is 117 Å².